The third-order valence-corrected chi connectivity index (χ3v) is 5.86. The number of pyridine rings is 1. The highest BCUT2D eigenvalue weighted by atomic mass is 35.5. The van der Waals surface area contributed by atoms with Gasteiger partial charge in [0.05, 0.1) is 23.3 Å². The molecule has 7 nitrogen and oxygen atoms in total. The van der Waals surface area contributed by atoms with E-state index in [2.05, 4.69) is 32.3 Å². The van der Waals surface area contributed by atoms with Gasteiger partial charge in [-0.1, -0.05) is 23.7 Å². The van der Waals surface area contributed by atoms with E-state index in [4.69, 9.17) is 16.3 Å². The number of hydrogen-bond acceptors (Lipinski definition) is 5. The molecule has 1 saturated heterocycles. The van der Waals surface area contributed by atoms with Crippen molar-refractivity contribution in [1.82, 2.24) is 19.8 Å². The Balaban J connectivity index is 1.16. The number of nitrogens with zero attached hydrogens (tertiary/aromatic N) is 4. The van der Waals surface area contributed by atoms with Crippen molar-refractivity contribution in [2.24, 2.45) is 0 Å². The van der Waals surface area contributed by atoms with Crippen LogP contribution in [0.25, 0.3) is 5.52 Å². The lowest BCUT2D eigenvalue weighted by Gasteiger charge is -2.36. The summed E-state index contributed by atoms with van der Waals surface area (Å²) >= 11 is 5.97. The van der Waals surface area contributed by atoms with Crippen molar-refractivity contribution in [1.29, 1.82) is 0 Å². The molecule has 1 aliphatic heterocycles. The number of amides is 1. The number of nitrogens with one attached hydrogen (secondary N) is 1. The topological polar surface area (TPSA) is 62.1 Å². The standard InChI is InChI=1S/C23H28ClN5O2/c1-31-22-7-3-2-6-21(22)28-14-12-27(13-15-28)11-5-4-10-25-23(30)20-16-19-9-8-18(24)17-29(19)26-20/h2-3,6-9,16-17H,4-5,10-15H2,1H3,(H,25,30). The Bertz CT molecular complexity index is 1030. The van der Waals surface area contributed by atoms with Gasteiger partial charge in [-0.2, -0.15) is 5.10 Å². The molecule has 2 aromatic heterocycles. The Morgan fingerprint density at radius 1 is 1.13 bits per heavy atom. The Hall–Kier alpha value is -2.77. The zero-order valence-corrected chi connectivity index (χ0v) is 18.5. The molecule has 0 atom stereocenters. The Kier molecular flexibility index (Phi) is 6.94. The number of carbonyl (C=O) groups excluding carboxylic acids is 1. The minimum Gasteiger partial charge on any atom is -0.495 e. The van der Waals surface area contributed by atoms with Crippen LogP contribution in [0.4, 0.5) is 5.69 Å². The molecular weight excluding hydrogens is 414 g/mol. The van der Waals surface area contributed by atoms with E-state index >= 15 is 0 Å². The van der Waals surface area contributed by atoms with Crippen molar-refractivity contribution in [3.8, 4) is 5.75 Å². The van der Waals surface area contributed by atoms with Gasteiger partial charge in [0, 0.05) is 38.9 Å². The molecule has 1 amide bonds. The minimum atomic E-state index is -0.148. The molecule has 0 saturated carbocycles. The zero-order valence-electron chi connectivity index (χ0n) is 17.8. The minimum absolute atomic E-state index is 0.148. The molecule has 3 aromatic rings. The van der Waals surface area contributed by atoms with Crippen LogP contribution in [0, 0.1) is 0 Å². The lowest BCUT2D eigenvalue weighted by atomic mass is 10.2. The number of benzene rings is 1. The maximum absolute atomic E-state index is 12.3. The fraction of sp³-hybridized carbons (Fsp3) is 0.391. The molecule has 0 aliphatic carbocycles. The summed E-state index contributed by atoms with van der Waals surface area (Å²) in [7, 11) is 1.72. The van der Waals surface area contributed by atoms with Crippen LogP contribution in [0.3, 0.4) is 0 Å². The number of ether oxygens (including phenoxy) is 1. The molecule has 1 fully saturated rings. The van der Waals surface area contributed by atoms with Gasteiger partial charge in [0.25, 0.3) is 5.91 Å². The highest BCUT2D eigenvalue weighted by Crippen LogP contribution is 2.28. The molecule has 31 heavy (non-hydrogen) atoms. The normalized spacial score (nSPS) is 14.7. The molecule has 1 aliphatic rings. The highest BCUT2D eigenvalue weighted by molar-refractivity contribution is 6.30. The first kappa shape index (κ1) is 21.5. The summed E-state index contributed by atoms with van der Waals surface area (Å²) in [6.45, 7) is 5.75. The van der Waals surface area contributed by atoms with E-state index < -0.39 is 0 Å². The van der Waals surface area contributed by atoms with Crippen molar-refractivity contribution in [2.75, 3.05) is 51.3 Å². The van der Waals surface area contributed by atoms with E-state index in [9.17, 15) is 4.79 Å². The number of methoxy groups -OCH3 is 1. The van der Waals surface area contributed by atoms with E-state index in [-0.39, 0.29) is 5.91 Å². The molecule has 1 N–H and O–H groups in total. The van der Waals surface area contributed by atoms with E-state index in [1.807, 2.05) is 18.2 Å². The number of carbonyl (C=O) groups is 1. The van der Waals surface area contributed by atoms with Crippen LogP contribution >= 0.6 is 11.6 Å². The second-order valence-corrected chi connectivity index (χ2v) is 8.15. The number of aromatic nitrogens is 2. The third-order valence-electron chi connectivity index (χ3n) is 5.64. The Morgan fingerprint density at radius 2 is 1.94 bits per heavy atom. The van der Waals surface area contributed by atoms with Crippen LogP contribution in [-0.2, 0) is 0 Å². The van der Waals surface area contributed by atoms with Crippen LogP contribution in [-0.4, -0.2) is 66.8 Å². The molecule has 0 bridgehead atoms. The molecular formula is C23H28ClN5O2. The van der Waals surface area contributed by atoms with Gasteiger partial charge in [0.15, 0.2) is 5.69 Å². The summed E-state index contributed by atoms with van der Waals surface area (Å²) in [6.07, 6.45) is 3.69. The molecule has 0 unspecified atom stereocenters. The first-order valence-corrected chi connectivity index (χ1v) is 11.1. The summed E-state index contributed by atoms with van der Waals surface area (Å²) in [5.41, 5.74) is 2.43. The average Bonchev–Trinajstić information content (AvgIpc) is 3.22. The van der Waals surface area contributed by atoms with E-state index in [0.29, 0.717) is 17.3 Å². The first-order chi connectivity index (χ1) is 15.1. The van der Waals surface area contributed by atoms with Crippen LogP contribution in [0.2, 0.25) is 5.02 Å². The molecule has 3 heterocycles. The number of anilines is 1. The molecule has 1 aromatic carbocycles. The summed E-state index contributed by atoms with van der Waals surface area (Å²) in [4.78, 5) is 17.2. The predicted molar refractivity (Wildman–Crippen MR) is 123 cm³/mol. The molecule has 4 rings (SSSR count). The van der Waals surface area contributed by atoms with E-state index in [1.54, 1.807) is 30.0 Å². The number of halogens is 1. The van der Waals surface area contributed by atoms with E-state index in [1.165, 1.54) is 5.69 Å². The van der Waals surface area contributed by atoms with Crippen LogP contribution in [0.15, 0.2) is 48.7 Å². The fourth-order valence-corrected chi connectivity index (χ4v) is 4.08. The van der Waals surface area contributed by atoms with Crippen molar-refractivity contribution in [2.45, 2.75) is 12.8 Å². The van der Waals surface area contributed by atoms with Gasteiger partial charge in [-0.15, -0.1) is 0 Å². The first-order valence-electron chi connectivity index (χ1n) is 10.7. The number of hydrogen-bond donors (Lipinski definition) is 1. The monoisotopic (exact) mass is 441 g/mol. The van der Waals surface area contributed by atoms with Crippen LogP contribution in [0.1, 0.15) is 23.3 Å². The van der Waals surface area contributed by atoms with E-state index in [0.717, 1.165) is 56.8 Å². The summed E-state index contributed by atoms with van der Waals surface area (Å²) in [5, 5.41) is 7.84. The fourth-order valence-electron chi connectivity index (χ4n) is 3.93. The largest absolute Gasteiger partial charge is 0.495 e. The molecule has 8 heteroatoms. The summed E-state index contributed by atoms with van der Waals surface area (Å²) in [6, 6.07) is 13.6. The van der Waals surface area contributed by atoms with Crippen molar-refractivity contribution in [3.05, 3.63) is 59.4 Å². The quantitative estimate of drug-likeness (QED) is 0.543. The van der Waals surface area contributed by atoms with Gasteiger partial charge in [0.2, 0.25) is 0 Å². The lowest BCUT2D eigenvalue weighted by molar-refractivity contribution is 0.0947. The van der Waals surface area contributed by atoms with Gasteiger partial charge in [-0.3, -0.25) is 9.69 Å². The van der Waals surface area contributed by atoms with Gasteiger partial charge < -0.3 is 15.0 Å². The number of para-hydroxylation sites is 2. The molecule has 0 radical (unpaired) electrons. The number of rotatable bonds is 8. The van der Waals surface area contributed by atoms with Crippen LogP contribution in [0.5, 0.6) is 5.75 Å². The second-order valence-electron chi connectivity index (χ2n) is 7.71. The number of fused-ring (bicyclic) bond motifs is 1. The Morgan fingerprint density at radius 3 is 2.74 bits per heavy atom. The smallest absolute Gasteiger partial charge is 0.271 e. The predicted octanol–water partition coefficient (Wildman–Crippen LogP) is 3.33. The SMILES string of the molecule is COc1ccccc1N1CCN(CCCCNC(=O)c2cc3ccc(Cl)cn3n2)CC1. The highest BCUT2D eigenvalue weighted by Gasteiger charge is 2.19. The summed E-state index contributed by atoms with van der Waals surface area (Å²) in [5.74, 6) is 0.783. The van der Waals surface area contributed by atoms with Crippen molar-refractivity contribution >= 4 is 28.7 Å². The lowest BCUT2D eigenvalue weighted by Crippen LogP contribution is -2.46. The van der Waals surface area contributed by atoms with Gasteiger partial charge in [0.1, 0.15) is 5.75 Å². The third kappa shape index (κ3) is 5.29. The van der Waals surface area contributed by atoms with Gasteiger partial charge in [-0.05, 0) is 49.7 Å². The Labute approximate surface area is 187 Å². The van der Waals surface area contributed by atoms with Crippen molar-refractivity contribution < 1.29 is 9.53 Å². The number of piperazine rings is 1. The zero-order chi connectivity index (χ0) is 21.6. The second kappa shape index (κ2) is 10.0. The number of unbranched alkanes of at least 4 members (excludes halogenated alkanes) is 1. The van der Waals surface area contributed by atoms with Crippen molar-refractivity contribution in [3.63, 3.8) is 0 Å². The molecule has 0 spiro atoms. The van der Waals surface area contributed by atoms with Gasteiger partial charge in [-0.25, -0.2) is 4.52 Å². The maximum atomic E-state index is 12.3. The average molecular weight is 442 g/mol. The maximum Gasteiger partial charge on any atom is 0.271 e. The summed E-state index contributed by atoms with van der Waals surface area (Å²) < 4.78 is 7.12. The van der Waals surface area contributed by atoms with Gasteiger partial charge >= 0.3 is 0 Å². The molecule has 164 valence electrons. The van der Waals surface area contributed by atoms with Crippen LogP contribution < -0.4 is 15.0 Å².